The standard InChI is InChI=1S/C11H18O5/c1-2-3-4-9(12)7-8-16-11(15)6-5-10(13)14/h5-6,9,12H,2-4,7-8H2,1H3,(H,13,14)/b6-5-. The zero-order chi connectivity index (χ0) is 12.4. The lowest BCUT2D eigenvalue weighted by atomic mass is 10.1. The molecule has 0 bridgehead atoms. The Hall–Kier alpha value is -1.36. The normalized spacial score (nSPS) is 12.6. The number of unbranched alkanes of at least 4 members (excludes halogenated alkanes) is 1. The molecule has 92 valence electrons. The summed E-state index contributed by atoms with van der Waals surface area (Å²) in [4.78, 5) is 21.0. The van der Waals surface area contributed by atoms with Gasteiger partial charge in [0.25, 0.3) is 0 Å². The van der Waals surface area contributed by atoms with E-state index in [9.17, 15) is 14.7 Å². The molecular formula is C11H18O5. The monoisotopic (exact) mass is 230 g/mol. The number of carbonyl (C=O) groups excluding carboxylic acids is 1. The van der Waals surface area contributed by atoms with Gasteiger partial charge < -0.3 is 14.9 Å². The van der Waals surface area contributed by atoms with Crippen LogP contribution in [0.5, 0.6) is 0 Å². The minimum atomic E-state index is -1.19. The number of carboxylic acids is 1. The molecule has 0 aromatic rings. The Bertz CT molecular complexity index is 247. The number of ether oxygens (including phenoxy) is 1. The average Bonchev–Trinajstić information content (AvgIpc) is 2.23. The molecule has 0 aliphatic rings. The van der Waals surface area contributed by atoms with Crippen LogP contribution >= 0.6 is 0 Å². The van der Waals surface area contributed by atoms with E-state index < -0.39 is 18.0 Å². The molecule has 0 spiro atoms. The first kappa shape index (κ1) is 14.6. The molecule has 0 saturated carbocycles. The number of rotatable bonds is 8. The zero-order valence-electron chi connectivity index (χ0n) is 9.39. The fourth-order valence-corrected chi connectivity index (χ4v) is 1.07. The van der Waals surface area contributed by atoms with Crippen molar-refractivity contribution in [2.45, 2.75) is 38.7 Å². The number of aliphatic hydroxyl groups excluding tert-OH is 1. The molecule has 0 aromatic heterocycles. The van der Waals surface area contributed by atoms with Gasteiger partial charge in [0, 0.05) is 18.6 Å². The molecule has 0 aromatic carbocycles. The van der Waals surface area contributed by atoms with E-state index in [-0.39, 0.29) is 6.61 Å². The summed E-state index contributed by atoms with van der Waals surface area (Å²) in [6.07, 6.45) is 4.13. The summed E-state index contributed by atoms with van der Waals surface area (Å²) in [7, 11) is 0. The van der Waals surface area contributed by atoms with Gasteiger partial charge in [-0.3, -0.25) is 0 Å². The van der Waals surface area contributed by atoms with Gasteiger partial charge in [0.15, 0.2) is 0 Å². The first-order valence-electron chi connectivity index (χ1n) is 5.32. The summed E-state index contributed by atoms with van der Waals surface area (Å²) >= 11 is 0. The third-order valence-electron chi connectivity index (χ3n) is 1.95. The Balaban J connectivity index is 3.57. The van der Waals surface area contributed by atoms with E-state index in [2.05, 4.69) is 0 Å². The molecule has 0 saturated heterocycles. The second kappa shape index (κ2) is 8.91. The summed E-state index contributed by atoms with van der Waals surface area (Å²) in [5, 5.41) is 17.6. The lowest BCUT2D eigenvalue weighted by molar-refractivity contribution is -0.139. The molecule has 16 heavy (non-hydrogen) atoms. The predicted molar refractivity (Wildman–Crippen MR) is 57.9 cm³/mol. The third kappa shape index (κ3) is 9.21. The minimum absolute atomic E-state index is 0.105. The first-order chi connectivity index (χ1) is 7.56. The van der Waals surface area contributed by atoms with Crippen LogP contribution in [0.4, 0.5) is 0 Å². The van der Waals surface area contributed by atoms with Crippen molar-refractivity contribution in [3.05, 3.63) is 12.2 Å². The lowest BCUT2D eigenvalue weighted by Crippen LogP contribution is -2.12. The van der Waals surface area contributed by atoms with Crippen molar-refractivity contribution >= 4 is 11.9 Å². The van der Waals surface area contributed by atoms with Crippen molar-refractivity contribution in [1.29, 1.82) is 0 Å². The fourth-order valence-electron chi connectivity index (χ4n) is 1.07. The van der Waals surface area contributed by atoms with Crippen LogP contribution in [-0.2, 0) is 14.3 Å². The van der Waals surface area contributed by atoms with Gasteiger partial charge in [-0.1, -0.05) is 19.8 Å². The highest BCUT2D eigenvalue weighted by Crippen LogP contribution is 2.04. The van der Waals surface area contributed by atoms with E-state index in [1.807, 2.05) is 6.92 Å². The maximum Gasteiger partial charge on any atom is 0.331 e. The van der Waals surface area contributed by atoms with Crippen molar-refractivity contribution in [3.63, 3.8) is 0 Å². The van der Waals surface area contributed by atoms with Crippen LogP contribution in [0.15, 0.2) is 12.2 Å². The summed E-state index contributed by atoms with van der Waals surface area (Å²) in [5.41, 5.74) is 0. The molecule has 5 heteroatoms. The van der Waals surface area contributed by atoms with Crippen LogP contribution < -0.4 is 0 Å². The van der Waals surface area contributed by atoms with Crippen LogP contribution in [0.3, 0.4) is 0 Å². The van der Waals surface area contributed by atoms with E-state index in [0.29, 0.717) is 12.8 Å². The Labute approximate surface area is 94.7 Å². The summed E-state index contributed by atoms with van der Waals surface area (Å²) in [6, 6.07) is 0. The molecule has 1 unspecified atom stereocenters. The second-order valence-corrected chi connectivity index (χ2v) is 3.42. The molecule has 1 atom stereocenters. The van der Waals surface area contributed by atoms with Gasteiger partial charge in [-0.15, -0.1) is 0 Å². The SMILES string of the molecule is CCCCC(O)CCOC(=O)/C=C\C(=O)O. The Morgan fingerprint density at radius 1 is 1.31 bits per heavy atom. The largest absolute Gasteiger partial charge is 0.478 e. The molecule has 0 radical (unpaired) electrons. The van der Waals surface area contributed by atoms with Gasteiger partial charge in [0.1, 0.15) is 0 Å². The van der Waals surface area contributed by atoms with Crippen LogP contribution in [0.1, 0.15) is 32.6 Å². The Morgan fingerprint density at radius 2 is 2.00 bits per heavy atom. The fraction of sp³-hybridized carbons (Fsp3) is 0.636. The van der Waals surface area contributed by atoms with E-state index in [1.54, 1.807) is 0 Å². The third-order valence-corrected chi connectivity index (χ3v) is 1.95. The number of hydrogen-bond acceptors (Lipinski definition) is 4. The van der Waals surface area contributed by atoms with Crippen LogP contribution in [0.2, 0.25) is 0 Å². The van der Waals surface area contributed by atoms with Crippen LogP contribution in [0, 0.1) is 0 Å². The molecule has 5 nitrogen and oxygen atoms in total. The summed E-state index contributed by atoms with van der Waals surface area (Å²) in [5.74, 6) is -1.90. The zero-order valence-corrected chi connectivity index (χ0v) is 9.39. The number of aliphatic carboxylic acids is 1. The number of hydrogen-bond donors (Lipinski definition) is 2. The van der Waals surface area contributed by atoms with Gasteiger partial charge in [-0.05, 0) is 6.42 Å². The van der Waals surface area contributed by atoms with E-state index >= 15 is 0 Å². The van der Waals surface area contributed by atoms with E-state index in [4.69, 9.17) is 9.84 Å². The van der Waals surface area contributed by atoms with E-state index in [1.165, 1.54) is 0 Å². The number of carboxylic acid groups (broad SMARTS) is 1. The van der Waals surface area contributed by atoms with Crippen molar-refractivity contribution in [3.8, 4) is 0 Å². The smallest absolute Gasteiger partial charge is 0.331 e. The maximum atomic E-state index is 10.9. The minimum Gasteiger partial charge on any atom is -0.478 e. The number of carbonyl (C=O) groups is 2. The maximum absolute atomic E-state index is 10.9. The van der Waals surface area contributed by atoms with Gasteiger partial charge >= 0.3 is 11.9 Å². The average molecular weight is 230 g/mol. The van der Waals surface area contributed by atoms with E-state index in [0.717, 1.165) is 25.0 Å². The number of esters is 1. The second-order valence-electron chi connectivity index (χ2n) is 3.42. The predicted octanol–water partition coefficient (Wildman–Crippen LogP) is 1.11. The lowest BCUT2D eigenvalue weighted by Gasteiger charge is -2.09. The van der Waals surface area contributed by atoms with Crippen molar-refractivity contribution < 1.29 is 24.5 Å². The summed E-state index contributed by atoms with van der Waals surface area (Å²) in [6.45, 7) is 2.14. The Kier molecular flexibility index (Phi) is 8.15. The van der Waals surface area contributed by atoms with Crippen LogP contribution in [-0.4, -0.2) is 34.9 Å². The Morgan fingerprint density at radius 3 is 2.56 bits per heavy atom. The number of aliphatic hydroxyl groups is 1. The highest BCUT2D eigenvalue weighted by molar-refractivity contribution is 5.90. The van der Waals surface area contributed by atoms with Crippen molar-refractivity contribution in [2.24, 2.45) is 0 Å². The summed E-state index contributed by atoms with van der Waals surface area (Å²) < 4.78 is 4.69. The van der Waals surface area contributed by atoms with Gasteiger partial charge in [0.2, 0.25) is 0 Å². The molecule has 2 N–H and O–H groups in total. The molecular weight excluding hydrogens is 212 g/mol. The molecule has 0 heterocycles. The van der Waals surface area contributed by atoms with Crippen LogP contribution in [0.25, 0.3) is 0 Å². The van der Waals surface area contributed by atoms with Gasteiger partial charge in [-0.2, -0.15) is 0 Å². The van der Waals surface area contributed by atoms with Crippen molar-refractivity contribution in [2.75, 3.05) is 6.61 Å². The highest BCUT2D eigenvalue weighted by atomic mass is 16.5. The molecule has 0 aliphatic carbocycles. The van der Waals surface area contributed by atoms with Gasteiger partial charge in [-0.25, -0.2) is 9.59 Å². The molecule has 0 rings (SSSR count). The molecule has 0 aliphatic heterocycles. The quantitative estimate of drug-likeness (QED) is 0.482. The molecule has 0 amide bonds. The highest BCUT2D eigenvalue weighted by Gasteiger charge is 2.05. The van der Waals surface area contributed by atoms with Crippen molar-refractivity contribution in [1.82, 2.24) is 0 Å². The van der Waals surface area contributed by atoms with Gasteiger partial charge in [0.05, 0.1) is 12.7 Å². The first-order valence-corrected chi connectivity index (χ1v) is 5.32. The molecule has 0 fully saturated rings. The topological polar surface area (TPSA) is 83.8 Å².